The topological polar surface area (TPSA) is 75.6 Å². The first kappa shape index (κ1) is 27.0. The van der Waals surface area contributed by atoms with E-state index in [1.54, 1.807) is 69.3 Å². The van der Waals surface area contributed by atoms with E-state index in [2.05, 4.69) is 5.32 Å². The number of amides is 1. The lowest BCUT2D eigenvalue weighted by atomic mass is 9.86. The van der Waals surface area contributed by atoms with Gasteiger partial charge in [-0.25, -0.2) is 0 Å². The highest BCUT2D eigenvalue weighted by Crippen LogP contribution is 2.35. The number of nitrogens with one attached hydrogen (secondary N) is 1. The van der Waals surface area contributed by atoms with Crippen LogP contribution in [0.1, 0.15) is 67.4 Å². The average molecular weight is 502 g/mol. The van der Waals surface area contributed by atoms with Gasteiger partial charge in [-0.1, -0.05) is 36.4 Å². The lowest BCUT2D eigenvalue weighted by Gasteiger charge is -2.20. The molecule has 3 aromatic rings. The average Bonchev–Trinajstić information content (AvgIpc) is 2.77. The van der Waals surface area contributed by atoms with Gasteiger partial charge in [0.25, 0.3) is 5.91 Å². The summed E-state index contributed by atoms with van der Waals surface area (Å²) < 4.78 is 44.4. The van der Waals surface area contributed by atoms with Gasteiger partial charge in [-0.3, -0.25) is 9.59 Å². The fourth-order valence-electron chi connectivity index (χ4n) is 3.94. The van der Waals surface area contributed by atoms with Crippen LogP contribution in [-0.4, -0.2) is 35.3 Å². The van der Waals surface area contributed by atoms with Crippen molar-refractivity contribution in [1.29, 1.82) is 0 Å². The second-order valence-electron chi connectivity index (χ2n) is 9.71. The van der Waals surface area contributed by atoms with Crippen LogP contribution in [0.15, 0.2) is 60.7 Å². The monoisotopic (exact) mass is 501 g/mol. The zero-order valence-electron chi connectivity index (χ0n) is 20.5. The Hall–Kier alpha value is -3.55. The predicted octanol–water partition coefficient (Wildman–Crippen LogP) is 6.48. The molecular formula is C28H30F3NO4. The van der Waals surface area contributed by atoms with Crippen LogP contribution in [0.2, 0.25) is 0 Å². The largest absolute Gasteiger partial charge is 0.508 e. The Balaban J connectivity index is 1.74. The van der Waals surface area contributed by atoms with Gasteiger partial charge >= 0.3 is 12.1 Å². The van der Waals surface area contributed by atoms with E-state index in [-0.39, 0.29) is 31.0 Å². The number of esters is 1. The lowest BCUT2D eigenvalue weighted by Crippen LogP contribution is -2.29. The standard InChI is InChI=1S/C28H30F3NO4/c1-27(2,3)36-25(34)13-15-32-26(35)19-6-4-18(5-7-19)24(12-14-28(29,30)31)22-9-8-21-17-23(33)11-10-20(21)16-22/h4-11,16-17,24,33H,12-15H2,1-3H3,(H,32,35)/t24-/m0/s1. The van der Waals surface area contributed by atoms with E-state index in [9.17, 15) is 27.9 Å². The van der Waals surface area contributed by atoms with Crippen molar-refractivity contribution < 1.29 is 32.6 Å². The summed E-state index contributed by atoms with van der Waals surface area (Å²) in [5, 5.41) is 13.9. The molecular weight excluding hydrogens is 471 g/mol. The van der Waals surface area contributed by atoms with Crippen molar-refractivity contribution in [3.8, 4) is 5.75 Å². The quantitative estimate of drug-likeness (QED) is 0.347. The Kier molecular flexibility index (Phi) is 8.28. The molecule has 36 heavy (non-hydrogen) atoms. The summed E-state index contributed by atoms with van der Waals surface area (Å²) in [4.78, 5) is 24.3. The Labute approximate surface area is 208 Å². The van der Waals surface area contributed by atoms with Crippen molar-refractivity contribution in [1.82, 2.24) is 5.32 Å². The first-order chi connectivity index (χ1) is 16.8. The molecule has 1 atom stereocenters. The molecule has 1 amide bonds. The van der Waals surface area contributed by atoms with Gasteiger partial charge in [0, 0.05) is 24.4 Å². The number of ether oxygens (including phenoxy) is 1. The number of alkyl halides is 3. The molecule has 0 bridgehead atoms. The number of carbonyl (C=O) groups excluding carboxylic acids is 2. The highest BCUT2D eigenvalue weighted by atomic mass is 19.4. The molecule has 0 unspecified atom stereocenters. The van der Waals surface area contributed by atoms with Crippen LogP contribution in [-0.2, 0) is 9.53 Å². The van der Waals surface area contributed by atoms with E-state index in [1.165, 1.54) is 6.07 Å². The maximum absolute atomic E-state index is 13.1. The summed E-state index contributed by atoms with van der Waals surface area (Å²) in [7, 11) is 0. The van der Waals surface area contributed by atoms with E-state index < -0.39 is 30.1 Å². The zero-order chi connectivity index (χ0) is 26.5. The number of carbonyl (C=O) groups is 2. The Bertz CT molecular complexity index is 1210. The molecule has 0 heterocycles. The summed E-state index contributed by atoms with van der Waals surface area (Å²) in [6.07, 6.45) is -5.36. The van der Waals surface area contributed by atoms with Gasteiger partial charge in [0.05, 0.1) is 6.42 Å². The molecule has 0 saturated carbocycles. The van der Waals surface area contributed by atoms with Crippen LogP contribution in [0.5, 0.6) is 5.75 Å². The van der Waals surface area contributed by atoms with Crippen molar-refractivity contribution in [2.75, 3.05) is 6.54 Å². The van der Waals surface area contributed by atoms with Gasteiger partial charge in [-0.05, 0) is 73.4 Å². The van der Waals surface area contributed by atoms with Crippen LogP contribution in [0.25, 0.3) is 10.8 Å². The van der Waals surface area contributed by atoms with Gasteiger partial charge in [-0.15, -0.1) is 0 Å². The first-order valence-corrected chi connectivity index (χ1v) is 11.7. The molecule has 5 nitrogen and oxygen atoms in total. The van der Waals surface area contributed by atoms with Gasteiger partial charge in [0.1, 0.15) is 11.4 Å². The molecule has 192 valence electrons. The SMILES string of the molecule is CC(C)(C)OC(=O)CCNC(=O)c1ccc([C@H](CCC(F)(F)F)c2ccc3cc(O)ccc3c2)cc1. The normalized spacial score (nSPS) is 12.8. The molecule has 2 N–H and O–H groups in total. The van der Waals surface area contributed by atoms with Crippen molar-refractivity contribution in [3.63, 3.8) is 0 Å². The molecule has 3 rings (SSSR count). The second-order valence-corrected chi connectivity index (χ2v) is 9.71. The molecule has 0 aliphatic heterocycles. The molecule has 0 spiro atoms. The smallest absolute Gasteiger partial charge is 0.389 e. The molecule has 0 aliphatic carbocycles. The van der Waals surface area contributed by atoms with Gasteiger partial charge in [0.15, 0.2) is 0 Å². The molecule has 0 aromatic heterocycles. The molecule has 8 heteroatoms. The summed E-state index contributed by atoms with van der Waals surface area (Å²) in [5.74, 6) is -1.23. The van der Waals surface area contributed by atoms with Gasteiger partial charge in [-0.2, -0.15) is 13.2 Å². The van der Waals surface area contributed by atoms with Crippen LogP contribution in [0.3, 0.4) is 0 Å². The number of benzene rings is 3. The highest BCUT2D eigenvalue weighted by Gasteiger charge is 2.29. The summed E-state index contributed by atoms with van der Waals surface area (Å²) in [6, 6.07) is 16.7. The number of rotatable bonds is 8. The van der Waals surface area contributed by atoms with E-state index in [4.69, 9.17) is 4.74 Å². The first-order valence-electron chi connectivity index (χ1n) is 11.7. The third kappa shape index (κ3) is 8.00. The summed E-state index contributed by atoms with van der Waals surface area (Å²) in [5.41, 5.74) is 1.10. The van der Waals surface area contributed by atoms with Crippen molar-refractivity contribution >= 4 is 22.6 Å². The molecule has 0 fully saturated rings. The molecule has 0 radical (unpaired) electrons. The minimum Gasteiger partial charge on any atom is -0.508 e. The Morgan fingerprint density at radius 1 is 0.917 bits per heavy atom. The molecule has 3 aromatic carbocycles. The molecule has 0 saturated heterocycles. The van der Waals surface area contributed by atoms with Crippen molar-refractivity contribution in [3.05, 3.63) is 77.4 Å². The zero-order valence-corrected chi connectivity index (χ0v) is 20.5. The van der Waals surface area contributed by atoms with Gasteiger partial charge < -0.3 is 15.2 Å². The number of hydrogen-bond acceptors (Lipinski definition) is 4. The van der Waals surface area contributed by atoms with Crippen LogP contribution in [0, 0.1) is 0 Å². The van der Waals surface area contributed by atoms with E-state index in [1.807, 2.05) is 6.07 Å². The van der Waals surface area contributed by atoms with Gasteiger partial charge in [0.2, 0.25) is 0 Å². The van der Waals surface area contributed by atoms with E-state index in [0.717, 1.165) is 10.8 Å². The lowest BCUT2D eigenvalue weighted by molar-refractivity contribution is -0.154. The van der Waals surface area contributed by atoms with Crippen LogP contribution >= 0.6 is 0 Å². The minimum atomic E-state index is -4.30. The number of halogens is 3. The Morgan fingerprint density at radius 3 is 2.17 bits per heavy atom. The van der Waals surface area contributed by atoms with Crippen molar-refractivity contribution in [2.45, 2.75) is 57.7 Å². The number of fused-ring (bicyclic) bond motifs is 1. The van der Waals surface area contributed by atoms with Crippen molar-refractivity contribution in [2.24, 2.45) is 0 Å². The number of phenolic OH excluding ortho intramolecular Hbond substituents is 1. The maximum Gasteiger partial charge on any atom is 0.389 e. The fraction of sp³-hybridized carbons (Fsp3) is 0.357. The Morgan fingerprint density at radius 2 is 1.53 bits per heavy atom. The molecule has 0 aliphatic rings. The number of aromatic hydroxyl groups is 1. The summed E-state index contributed by atoms with van der Waals surface area (Å²) >= 11 is 0. The van der Waals surface area contributed by atoms with Crippen LogP contribution in [0.4, 0.5) is 13.2 Å². The van der Waals surface area contributed by atoms with E-state index >= 15 is 0 Å². The summed E-state index contributed by atoms with van der Waals surface area (Å²) in [6.45, 7) is 5.39. The highest BCUT2D eigenvalue weighted by molar-refractivity contribution is 5.94. The fourth-order valence-corrected chi connectivity index (χ4v) is 3.94. The third-order valence-corrected chi connectivity index (χ3v) is 5.58. The minimum absolute atomic E-state index is 0.0281. The number of phenols is 1. The van der Waals surface area contributed by atoms with E-state index in [0.29, 0.717) is 16.7 Å². The third-order valence-electron chi connectivity index (χ3n) is 5.58. The maximum atomic E-state index is 13.1. The number of hydrogen-bond donors (Lipinski definition) is 2. The second kappa shape index (κ2) is 11.0. The predicted molar refractivity (Wildman–Crippen MR) is 132 cm³/mol. The van der Waals surface area contributed by atoms with Crippen LogP contribution < -0.4 is 5.32 Å².